The van der Waals surface area contributed by atoms with Crippen molar-refractivity contribution in [1.82, 2.24) is 9.88 Å². The van der Waals surface area contributed by atoms with Crippen molar-refractivity contribution in [2.24, 2.45) is 0 Å². The molecule has 1 fully saturated rings. The first-order chi connectivity index (χ1) is 14.6. The minimum atomic E-state index is -0.731. The quantitative estimate of drug-likeness (QED) is 0.600. The van der Waals surface area contributed by atoms with E-state index >= 15 is 0 Å². The fraction of sp³-hybridized carbons (Fsp3) is 0.333. The summed E-state index contributed by atoms with van der Waals surface area (Å²) in [5.41, 5.74) is 2.96. The van der Waals surface area contributed by atoms with Gasteiger partial charge >= 0.3 is 5.97 Å². The van der Waals surface area contributed by atoms with Crippen molar-refractivity contribution in [3.8, 4) is 17.2 Å². The topological polar surface area (TPSA) is 75.8 Å². The standard InChI is InChI=1S/C24H26N2O4/c1-17-21(25-23(30-17)19-6-3-2-4-7-19)13-15-29-20-11-9-18(10-12-20)16-26-14-5-8-22(26)24(27)28/h2-4,6-7,9-12,22H,5,8,13-16H2,1H3,(H,27,28)/t22-/m0/s1. The smallest absolute Gasteiger partial charge is 0.320 e. The van der Waals surface area contributed by atoms with Crippen LogP contribution in [0.4, 0.5) is 0 Å². The van der Waals surface area contributed by atoms with Gasteiger partial charge in [0.25, 0.3) is 0 Å². The van der Waals surface area contributed by atoms with Gasteiger partial charge in [-0.25, -0.2) is 4.98 Å². The van der Waals surface area contributed by atoms with Crippen LogP contribution < -0.4 is 4.74 Å². The third kappa shape index (κ3) is 4.71. The van der Waals surface area contributed by atoms with Crippen molar-refractivity contribution in [2.75, 3.05) is 13.2 Å². The number of ether oxygens (including phenoxy) is 1. The van der Waals surface area contributed by atoms with E-state index < -0.39 is 5.97 Å². The van der Waals surface area contributed by atoms with Gasteiger partial charge in [0.15, 0.2) is 0 Å². The molecule has 6 heteroatoms. The maximum atomic E-state index is 11.3. The molecule has 0 bridgehead atoms. The van der Waals surface area contributed by atoms with Crippen LogP contribution >= 0.6 is 0 Å². The zero-order valence-electron chi connectivity index (χ0n) is 17.1. The molecule has 2 aromatic carbocycles. The van der Waals surface area contributed by atoms with Crippen molar-refractivity contribution in [2.45, 2.75) is 38.8 Å². The minimum absolute atomic E-state index is 0.368. The number of nitrogens with zero attached hydrogens (tertiary/aromatic N) is 2. The highest BCUT2D eigenvalue weighted by molar-refractivity contribution is 5.73. The van der Waals surface area contributed by atoms with Gasteiger partial charge < -0.3 is 14.3 Å². The molecule has 0 saturated carbocycles. The van der Waals surface area contributed by atoms with Crippen LogP contribution in [-0.2, 0) is 17.8 Å². The summed E-state index contributed by atoms with van der Waals surface area (Å²) in [6.45, 7) is 3.91. The Labute approximate surface area is 176 Å². The summed E-state index contributed by atoms with van der Waals surface area (Å²) in [4.78, 5) is 18.0. The van der Waals surface area contributed by atoms with Crippen LogP contribution in [0, 0.1) is 6.92 Å². The molecule has 3 aromatic rings. The Morgan fingerprint density at radius 2 is 1.97 bits per heavy atom. The van der Waals surface area contributed by atoms with Gasteiger partial charge in [-0.05, 0) is 56.1 Å². The lowest BCUT2D eigenvalue weighted by Gasteiger charge is -2.21. The molecule has 0 unspecified atom stereocenters. The second-order valence-corrected chi connectivity index (χ2v) is 7.60. The van der Waals surface area contributed by atoms with E-state index in [9.17, 15) is 9.90 Å². The fourth-order valence-corrected chi connectivity index (χ4v) is 3.85. The van der Waals surface area contributed by atoms with Crippen molar-refractivity contribution in [3.05, 3.63) is 71.6 Å². The van der Waals surface area contributed by atoms with E-state index in [1.807, 2.05) is 66.4 Å². The van der Waals surface area contributed by atoms with E-state index in [0.717, 1.165) is 47.7 Å². The number of likely N-dealkylation sites (tertiary alicyclic amines) is 1. The molecule has 1 aliphatic heterocycles. The van der Waals surface area contributed by atoms with Crippen molar-refractivity contribution >= 4 is 5.97 Å². The van der Waals surface area contributed by atoms with Crippen LogP contribution in [0.5, 0.6) is 5.75 Å². The van der Waals surface area contributed by atoms with Gasteiger partial charge in [-0.1, -0.05) is 30.3 Å². The van der Waals surface area contributed by atoms with E-state index in [0.29, 0.717) is 25.5 Å². The van der Waals surface area contributed by atoms with Gasteiger partial charge in [0.05, 0.1) is 12.3 Å². The lowest BCUT2D eigenvalue weighted by Crippen LogP contribution is -2.35. The average Bonchev–Trinajstić information content (AvgIpc) is 3.37. The number of aromatic nitrogens is 1. The molecule has 0 aliphatic carbocycles. The summed E-state index contributed by atoms with van der Waals surface area (Å²) in [6, 6.07) is 17.4. The predicted octanol–water partition coefficient (Wildman–Crippen LogP) is 4.32. The first kappa shape index (κ1) is 20.2. The van der Waals surface area contributed by atoms with Crippen LogP contribution in [0.3, 0.4) is 0 Å². The molecule has 2 heterocycles. The first-order valence-corrected chi connectivity index (χ1v) is 10.3. The molecule has 0 amide bonds. The molecule has 0 spiro atoms. The number of aliphatic carboxylic acids is 1. The first-order valence-electron chi connectivity index (χ1n) is 10.3. The zero-order chi connectivity index (χ0) is 20.9. The Morgan fingerprint density at radius 3 is 2.70 bits per heavy atom. The van der Waals surface area contributed by atoms with E-state index in [4.69, 9.17) is 9.15 Å². The second-order valence-electron chi connectivity index (χ2n) is 7.60. The van der Waals surface area contributed by atoms with Crippen LogP contribution in [0.2, 0.25) is 0 Å². The Balaban J connectivity index is 1.30. The van der Waals surface area contributed by atoms with E-state index in [1.165, 1.54) is 0 Å². The largest absolute Gasteiger partial charge is 0.493 e. The number of oxazole rings is 1. The van der Waals surface area contributed by atoms with Gasteiger partial charge in [0.2, 0.25) is 5.89 Å². The normalized spacial score (nSPS) is 16.6. The highest BCUT2D eigenvalue weighted by atomic mass is 16.5. The highest BCUT2D eigenvalue weighted by Gasteiger charge is 2.30. The van der Waals surface area contributed by atoms with Crippen molar-refractivity contribution in [3.63, 3.8) is 0 Å². The lowest BCUT2D eigenvalue weighted by atomic mass is 10.2. The monoisotopic (exact) mass is 406 g/mol. The van der Waals surface area contributed by atoms with E-state index in [1.54, 1.807) is 0 Å². The van der Waals surface area contributed by atoms with Gasteiger partial charge in [0, 0.05) is 18.5 Å². The fourth-order valence-electron chi connectivity index (χ4n) is 3.85. The van der Waals surface area contributed by atoms with Gasteiger partial charge in [0.1, 0.15) is 17.6 Å². The summed E-state index contributed by atoms with van der Waals surface area (Å²) in [5.74, 6) is 1.51. The minimum Gasteiger partial charge on any atom is -0.493 e. The van der Waals surface area contributed by atoms with Gasteiger partial charge in [-0.15, -0.1) is 0 Å². The number of benzene rings is 2. The van der Waals surface area contributed by atoms with Crippen LogP contribution in [-0.4, -0.2) is 40.2 Å². The molecular weight excluding hydrogens is 380 g/mol. The number of carbonyl (C=O) groups is 1. The Morgan fingerprint density at radius 1 is 1.20 bits per heavy atom. The van der Waals surface area contributed by atoms with Crippen LogP contribution in [0.15, 0.2) is 59.0 Å². The molecule has 1 aliphatic rings. The molecule has 0 radical (unpaired) electrons. The molecule has 6 nitrogen and oxygen atoms in total. The summed E-state index contributed by atoms with van der Waals surface area (Å²) >= 11 is 0. The third-order valence-electron chi connectivity index (χ3n) is 5.48. The Kier molecular flexibility index (Phi) is 6.14. The summed E-state index contributed by atoms with van der Waals surface area (Å²) in [7, 11) is 0. The van der Waals surface area contributed by atoms with Gasteiger partial charge in [-0.2, -0.15) is 0 Å². The number of carboxylic acid groups (broad SMARTS) is 1. The summed E-state index contributed by atoms with van der Waals surface area (Å²) < 4.78 is 11.7. The molecule has 30 heavy (non-hydrogen) atoms. The van der Waals surface area contributed by atoms with Crippen LogP contribution in [0.25, 0.3) is 11.5 Å². The molecule has 1 aromatic heterocycles. The van der Waals surface area contributed by atoms with Crippen molar-refractivity contribution in [1.29, 1.82) is 0 Å². The third-order valence-corrected chi connectivity index (χ3v) is 5.48. The van der Waals surface area contributed by atoms with E-state index in [-0.39, 0.29) is 6.04 Å². The highest BCUT2D eigenvalue weighted by Crippen LogP contribution is 2.23. The molecule has 1 N–H and O–H groups in total. The summed E-state index contributed by atoms with van der Waals surface area (Å²) in [5, 5.41) is 9.31. The van der Waals surface area contributed by atoms with Gasteiger partial charge in [-0.3, -0.25) is 9.69 Å². The molecule has 156 valence electrons. The average molecular weight is 406 g/mol. The van der Waals surface area contributed by atoms with Crippen LogP contribution in [0.1, 0.15) is 29.9 Å². The number of rotatable bonds is 8. The van der Waals surface area contributed by atoms with Crippen molar-refractivity contribution < 1.29 is 19.1 Å². The molecule has 4 rings (SSSR count). The lowest BCUT2D eigenvalue weighted by molar-refractivity contribution is -0.142. The molecular formula is C24H26N2O4. The molecule has 1 atom stereocenters. The molecule has 1 saturated heterocycles. The maximum Gasteiger partial charge on any atom is 0.320 e. The Bertz CT molecular complexity index is 982. The van der Waals surface area contributed by atoms with E-state index in [2.05, 4.69) is 4.98 Å². The number of hydrogen-bond donors (Lipinski definition) is 1. The maximum absolute atomic E-state index is 11.3. The zero-order valence-corrected chi connectivity index (χ0v) is 17.1. The predicted molar refractivity (Wildman–Crippen MR) is 113 cm³/mol. The number of hydrogen-bond acceptors (Lipinski definition) is 5. The number of aryl methyl sites for hydroxylation is 1. The Hall–Kier alpha value is -3.12. The SMILES string of the molecule is Cc1oc(-c2ccccc2)nc1CCOc1ccc(CN2CCC[C@H]2C(=O)O)cc1. The summed E-state index contributed by atoms with van der Waals surface area (Å²) in [6.07, 6.45) is 2.33. The second kappa shape index (κ2) is 9.13. The number of carboxylic acids is 1.